The number of amidine groups is 1. The summed E-state index contributed by atoms with van der Waals surface area (Å²) >= 11 is 1.33. The Bertz CT molecular complexity index is 1320. The molecule has 1 aliphatic rings. The van der Waals surface area contributed by atoms with Crippen molar-refractivity contribution in [1.29, 1.82) is 0 Å². The van der Waals surface area contributed by atoms with Gasteiger partial charge < -0.3 is 11.1 Å². The maximum atomic E-state index is 12.2. The number of rotatable bonds is 8. The third-order valence-corrected chi connectivity index (χ3v) is 7.11. The summed E-state index contributed by atoms with van der Waals surface area (Å²) in [5, 5.41) is 11.2. The number of carbonyl (C=O) groups is 1. The Labute approximate surface area is 195 Å². The first kappa shape index (κ1) is 23.0. The fraction of sp³-hybridized carbons (Fsp3) is 0.286. The van der Waals surface area contributed by atoms with Gasteiger partial charge in [0.05, 0.1) is 21.7 Å². The van der Waals surface area contributed by atoms with Crippen molar-refractivity contribution < 1.29 is 13.2 Å². The van der Waals surface area contributed by atoms with Gasteiger partial charge in [-0.15, -0.1) is 5.10 Å². The van der Waals surface area contributed by atoms with Crippen LogP contribution in [0.15, 0.2) is 52.5 Å². The van der Waals surface area contributed by atoms with E-state index in [0.717, 1.165) is 34.2 Å². The molecular formula is C21H25N7O3S2. The molecule has 0 spiro atoms. The first-order chi connectivity index (χ1) is 15.7. The van der Waals surface area contributed by atoms with Crippen LogP contribution in [0.2, 0.25) is 0 Å². The van der Waals surface area contributed by atoms with Gasteiger partial charge in [-0.1, -0.05) is 29.5 Å². The summed E-state index contributed by atoms with van der Waals surface area (Å²) in [6.45, 7) is 0.603. The van der Waals surface area contributed by atoms with Crippen LogP contribution in [0.25, 0.3) is 21.3 Å². The van der Waals surface area contributed by atoms with Crippen LogP contribution in [0.3, 0.4) is 0 Å². The highest BCUT2D eigenvalue weighted by Gasteiger charge is 2.26. The smallest absolute Gasteiger partial charge is 0.321 e. The molecule has 2 amide bonds. The minimum absolute atomic E-state index is 0.264. The van der Waals surface area contributed by atoms with Gasteiger partial charge in [0.25, 0.3) is 0 Å². The Hall–Kier alpha value is -3.22. The van der Waals surface area contributed by atoms with Crippen LogP contribution in [-0.2, 0) is 9.84 Å². The predicted molar refractivity (Wildman–Crippen MR) is 130 cm³/mol. The van der Waals surface area contributed by atoms with Crippen molar-refractivity contribution in [2.24, 2.45) is 22.6 Å². The zero-order chi connectivity index (χ0) is 23.6. The molecule has 3 aromatic rings. The number of hydrazone groups is 1. The third kappa shape index (κ3) is 5.97. The molecule has 1 aromatic heterocycles. The molecule has 6 N–H and O–H groups in total. The van der Waals surface area contributed by atoms with Crippen molar-refractivity contribution in [3.05, 3.63) is 42.5 Å². The van der Waals surface area contributed by atoms with Gasteiger partial charge in [0.15, 0.2) is 15.0 Å². The molecule has 0 saturated heterocycles. The quantitative estimate of drug-likeness (QED) is 0.164. The Balaban J connectivity index is 1.37. The molecule has 0 atom stereocenters. The number of carbonyl (C=O) groups excluding carboxylic acids is 1. The molecule has 0 unspecified atom stereocenters. The monoisotopic (exact) mass is 487 g/mol. The fourth-order valence-corrected chi connectivity index (χ4v) is 4.72. The Kier molecular flexibility index (Phi) is 6.49. The number of fused-ring (bicyclic) bond motifs is 1. The van der Waals surface area contributed by atoms with Crippen molar-refractivity contribution in [2.75, 3.05) is 24.7 Å². The summed E-state index contributed by atoms with van der Waals surface area (Å²) in [5.41, 5.74) is 8.20. The van der Waals surface area contributed by atoms with Crippen molar-refractivity contribution in [3.63, 3.8) is 0 Å². The molecule has 0 bridgehead atoms. The number of nitrogens with one attached hydrogen (secondary N) is 2. The highest BCUT2D eigenvalue weighted by molar-refractivity contribution is 7.90. The summed E-state index contributed by atoms with van der Waals surface area (Å²) in [5.74, 6) is 6.63. The summed E-state index contributed by atoms with van der Waals surface area (Å²) in [7, 11) is -3.29. The second-order valence-electron chi connectivity index (χ2n) is 7.84. The normalized spacial score (nSPS) is 14.3. The second kappa shape index (κ2) is 9.33. The number of hydrogen-bond acceptors (Lipinski definition) is 8. The van der Waals surface area contributed by atoms with E-state index in [1.54, 1.807) is 18.2 Å². The van der Waals surface area contributed by atoms with Crippen molar-refractivity contribution in [1.82, 2.24) is 15.4 Å². The van der Waals surface area contributed by atoms with E-state index in [0.29, 0.717) is 23.4 Å². The average Bonchev–Trinajstić information content (AvgIpc) is 3.53. The molecule has 174 valence electrons. The number of aromatic nitrogens is 1. The highest BCUT2D eigenvalue weighted by atomic mass is 32.2. The number of nitrogens with zero attached hydrogens (tertiary/aromatic N) is 3. The molecule has 4 rings (SSSR count). The molecular weight excluding hydrogens is 462 g/mol. The van der Waals surface area contributed by atoms with E-state index < -0.39 is 15.9 Å². The maximum Gasteiger partial charge on any atom is 0.321 e. The summed E-state index contributed by atoms with van der Waals surface area (Å²) in [6, 6.07) is 12.0. The van der Waals surface area contributed by atoms with E-state index in [1.165, 1.54) is 22.7 Å². The van der Waals surface area contributed by atoms with Gasteiger partial charge in [-0.3, -0.25) is 5.32 Å². The van der Waals surface area contributed by atoms with Gasteiger partial charge in [0, 0.05) is 18.7 Å². The zero-order valence-corrected chi connectivity index (χ0v) is 19.6. The van der Waals surface area contributed by atoms with Crippen molar-refractivity contribution in [2.45, 2.75) is 17.7 Å². The number of anilines is 1. The van der Waals surface area contributed by atoms with Crippen LogP contribution in [0.4, 0.5) is 9.93 Å². The number of urea groups is 1. The molecule has 1 fully saturated rings. The van der Waals surface area contributed by atoms with E-state index >= 15 is 0 Å². The van der Waals surface area contributed by atoms with E-state index in [-0.39, 0.29) is 11.4 Å². The number of nitrogens with two attached hydrogens (primary N) is 2. The van der Waals surface area contributed by atoms with Crippen LogP contribution >= 0.6 is 11.3 Å². The lowest BCUT2D eigenvalue weighted by molar-refractivity contribution is 0.247. The van der Waals surface area contributed by atoms with E-state index in [2.05, 4.69) is 20.7 Å². The standard InChI is InChI=1S/C21H25N7O3S2/c1-33(30,31)16-4-2-3-14(11-16)15-7-8-17-18(12-15)32-21(25-17)26-20(29)24-9-10-28(23)27-19(22)13-5-6-13/h2-4,7-8,11-13H,5-6,9-10,23H2,1H3,(H2,22,27)(H2,24,25,26,29). The van der Waals surface area contributed by atoms with Crippen LogP contribution < -0.4 is 22.2 Å². The molecule has 1 aliphatic carbocycles. The van der Waals surface area contributed by atoms with Gasteiger partial charge in [-0.25, -0.2) is 29.2 Å². The minimum Gasteiger partial charge on any atom is -0.385 e. The first-order valence-corrected chi connectivity index (χ1v) is 13.0. The van der Waals surface area contributed by atoms with E-state index in [9.17, 15) is 13.2 Å². The second-order valence-corrected chi connectivity index (χ2v) is 10.9. The fourth-order valence-electron chi connectivity index (χ4n) is 3.15. The molecule has 2 aromatic carbocycles. The topological polar surface area (TPSA) is 156 Å². The number of thiazole rings is 1. The Morgan fingerprint density at radius 2 is 2.00 bits per heavy atom. The number of amides is 2. The number of hydrogen-bond donors (Lipinski definition) is 4. The maximum absolute atomic E-state index is 12.2. The first-order valence-electron chi connectivity index (χ1n) is 10.3. The van der Waals surface area contributed by atoms with Crippen molar-refractivity contribution >= 4 is 48.4 Å². The van der Waals surface area contributed by atoms with Gasteiger partial charge in [-0.05, 0) is 48.2 Å². The van der Waals surface area contributed by atoms with E-state index in [1.807, 2.05) is 24.3 Å². The summed E-state index contributed by atoms with van der Waals surface area (Å²) < 4.78 is 24.6. The van der Waals surface area contributed by atoms with Crippen molar-refractivity contribution in [3.8, 4) is 11.1 Å². The lowest BCUT2D eigenvalue weighted by Gasteiger charge is -2.13. The molecule has 10 nitrogen and oxygen atoms in total. The largest absolute Gasteiger partial charge is 0.385 e. The average molecular weight is 488 g/mol. The molecule has 33 heavy (non-hydrogen) atoms. The van der Waals surface area contributed by atoms with Gasteiger partial charge in [-0.2, -0.15) is 0 Å². The Morgan fingerprint density at radius 3 is 2.73 bits per heavy atom. The van der Waals surface area contributed by atoms with Crippen LogP contribution in [0.1, 0.15) is 12.8 Å². The summed E-state index contributed by atoms with van der Waals surface area (Å²) in [6.07, 6.45) is 3.27. The third-order valence-electron chi connectivity index (χ3n) is 5.07. The molecule has 1 saturated carbocycles. The number of hydrazine groups is 1. The van der Waals surface area contributed by atoms with E-state index in [4.69, 9.17) is 11.6 Å². The van der Waals surface area contributed by atoms with Crippen LogP contribution in [-0.4, -0.2) is 49.7 Å². The number of sulfone groups is 1. The number of benzene rings is 2. The zero-order valence-electron chi connectivity index (χ0n) is 18.0. The lowest BCUT2D eigenvalue weighted by atomic mass is 10.1. The molecule has 0 aliphatic heterocycles. The minimum atomic E-state index is -3.29. The molecule has 0 radical (unpaired) electrons. The SMILES string of the molecule is CS(=O)(=O)c1cccc(-c2ccc3nc(NC(=O)NCCN(N)/N=C(\N)C4CC4)sc3c2)c1. The Morgan fingerprint density at radius 1 is 1.24 bits per heavy atom. The summed E-state index contributed by atoms with van der Waals surface area (Å²) in [4.78, 5) is 16.9. The van der Waals surface area contributed by atoms with Gasteiger partial charge in [0.1, 0.15) is 5.84 Å². The molecule has 12 heteroatoms. The van der Waals surface area contributed by atoms with Crippen LogP contribution in [0.5, 0.6) is 0 Å². The van der Waals surface area contributed by atoms with Gasteiger partial charge in [0.2, 0.25) is 0 Å². The lowest BCUT2D eigenvalue weighted by Crippen LogP contribution is -2.39. The predicted octanol–water partition coefficient (Wildman–Crippen LogP) is 2.35. The van der Waals surface area contributed by atoms with Gasteiger partial charge >= 0.3 is 6.03 Å². The highest BCUT2D eigenvalue weighted by Crippen LogP contribution is 2.31. The molecule has 1 heterocycles. The van der Waals surface area contributed by atoms with Crippen LogP contribution in [0, 0.1) is 5.92 Å².